The second-order valence-electron chi connectivity index (χ2n) is 6.43. The van der Waals surface area contributed by atoms with Crippen molar-refractivity contribution in [3.63, 3.8) is 0 Å². The van der Waals surface area contributed by atoms with Crippen molar-refractivity contribution < 1.29 is 17.9 Å². The predicted molar refractivity (Wildman–Crippen MR) is 91.0 cm³/mol. The Bertz CT molecular complexity index is 757. The summed E-state index contributed by atoms with van der Waals surface area (Å²) in [4.78, 5) is 5.60. The molecule has 1 fully saturated rings. The fourth-order valence-electron chi connectivity index (χ4n) is 2.95. The molecule has 0 radical (unpaired) electrons. The first-order valence-electron chi connectivity index (χ1n) is 8.30. The summed E-state index contributed by atoms with van der Waals surface area (Å²) in [5.41, 5.74) is -2.63. The molecule has 2 aliphatic rings. The number of rotatable bonds is 4. The van der Waals surface area contributed by atoms with E-state index in [0.717, 1.165) is 12.8 Å². The lowest BCUT2D eigenvalue weighted by Crippen LogP contribution is -2.55. The maximum absolute atomic E-state index is 14.3. The second kappa shape index (κ2) is 6.97. The van der Waals surface area contributed by atoms with Gasteiger partial charge in [-0.15, -0.1) is 0 Å². The Balaban J connectivity index is 2.17. The first-order valence-corrected chi connectivity index (χ1v) is 8.68. The smallest absolute Gasteiger partial charge is 0.359 e. The second-order valence-corrected chi connectivity index (χ2v) is 6.86. The van der Waals surface area contributed by atoms with Gasteiger partial charge in [0.1, 0.15) is 0 Å². The van der Waals surface area contributed by atoms with Gasteiger partial charge < -0.3 is 9.64 Å². The average molecular weight is 387 g/mol. The first kappa shape index (κ1) is 18.8. The molecule has 1 unspecified atom stereocenters. The molecule has 140 valence electrons. The monoisotopic (exact) mass is 386 g/mol. The Morgan fingerprint density at radius 3 is 2.77 bits per heavy atom. The Morgan fingerprint density at radius 1 is 1.46 bits per heavy atom. The van der Waals surface area contributed by atoms with E-state index in [9.17, 15) is 13.2 Å². The lowest BCUT2D eigenvalue weighted by molar-refractivity contribution is -0.288. The lowest BCUT2D eigenvalue weighted by atomic mass is 9.90. The van der Waals surface area contributed by atoms with Crippen molar-refractivity contribution in [1.29, 1.82) is 5.26 Å². The van der Waals surface area contributed by atoms with Crippen LogP contribution in [0.3, 0.4) is 0 Å². The third kappa shape index (κ3) is 3.46. The van der Waals surface area contributed by atoms with Crippen molar-refractivity contribution >= 4 is 23.2 Å². The fourth-order valence-corrected chi connectivity index (χ4v) is 3.13. The van der Waals surface area contributed by atoms with Crippen LogP contribution in [0, 0.1) is 17.4 Å². The molecule has 1 aromatic carbocycles. The van der Waals surface area contributed by atoms with Gasteiger partial charge in [0, 0.05) is 17.1 Å². The van der Waals surface area contributed by atoms with Gasteiger partial charge in [0.05, 0.1) is 18.8 Å². The van der Waals surface area contributed by atoms with Crippen molar-refractivity contribution in [3.05, 3.63) is 28.8 Å². The molecule has 1 aliphatic heterocycles. The molecule has 0 saturated heterocycles. The molecule has 5 nitrogen and oxygen atoms in total. The molecule has 1 aromatic rings. The van der Waals surface area contributed by atoms with Crippen LogP contribution in [0.1, 0.15) is 25.3 Å². The number of guanidine groups is 1. The number of halogens is 4. The van der Waals surface area contributed by atoms with Gasteiger partial charge in [0.15, 0.2) is 6.19 Å². The summed E-state index contributed by atoms with van der Waals surface area (Å²) in [6.45, 7) is 1.42. The molecule has 9 heteroatoms. The van der Waals surface area contributed by atoms with Crippen LogP contribution in [0.15, 0.2) is 23.2 Å². The molecule has 1 N–H and O–H groups in total. The van der Waals surface area contributed by atoms with Gasteiger partial charge in [-0.25, -0.2) is 4.99 Å². The van der Waals surface area contributed by atoms with E-state index in [2.05, 4.69) is 10.3 Å². The zero-order valence-corrected chi connectivity index (χ0v) is 14.9. The summed E-state index contributed by atoms with van der Waals surface area (Å²) in [5.74, 6) is 0.201. The van der Waals surface area contributed by atoms with Crippen LogP contribution in [0.25, 0.3) is 0 Å². The summed E-state index contributed by atoms with van der Waals surface area (Å²) in [7, 11) is 0. The molecule has 0 amide bonds. The number of hydrogen-bond donors (Lipinski definition) is 1. The number of hydrogen-bond acceptors (Lipinski definition) is 5. The Hall–Kier alpha value is -1.98. The zero-order valence-electron chi connectivity index (χ0n) is 14.1. The first-order chi connectivity index (χ1) is 12.3. The van der Waals surface area contributed by atoms with Crippen LogP contribution in [-0.4, -0.2) is 36.7 Å². The number of fused-ring (bicyclic) bond motifs is 1. The van der Waals surface area contributed by atoms with Crippen molar-refractivity contribution in [3.8, 4) is 6.19 Å². The van der Waals surface area contributed by atoms with Gasteiger partial charge in [-0.3, -0.25) is 5.32 Å². The van der Waals surface area contributed by atoms with E-state index < -0.39 is 18.3 Å². The molecule has 0 spiro atoms. The number of benzene rings is 1. The van der Waals surface area contributed by atoms with E-state index in [0.29, 0.717) is 0 Å². The standard InChI is InChI=1S/C17H18ClF3N4O/c1-2-25-9-16(17(19,20)21,26-8-11-3-4-11)13-7-12(18)5-6-14(13)24-15(25)23-10-22/h5-7,11H,2-4,8-9H2,1H3,(H,23,24). The van der Waals surface area contributed by atoms with Crippen LogP contribution in [0.2, 0.25) is 5.02 Å². The van der Waals surface area contributed by atoms with Crippen LogP contribution in [0.5, 0.6) is 0 Å². The van der Waals surface area contributed by atoms with Gasteiger partial charge in [-0.05, 0) is 43.9 Å². The van der Waals surface area contributed by atoms with Crippen molar-refractivity contribution in [2.24, 2.45) is 10.9 Å². The maximum atomic E-state index is 14.3. The minimum atomic E-state index is -4.69. The third-order valence-corrected chi connectivity index (χ3v) is 4.84. The van der Waals surface area contributed by atoms with E-state index in [-0.39, 0.29) is 41.3 Å². The lowest BCUT2D eigenvalue weighted by Gasteiger charge is -2.39. The van der Waals surface area contributed by atoms with E-state index in [1.165, 1.54) is 23.1 Å². The summed E-state index contributed by atoms with van der Waals surface area (Å²) in [6.07, 6.45) is -1.23. The Labute approximate surface area is 154 Å². The van der Waals surface area contributed by atoms with Crippen LogP contribution in [-0.2, 0) is 10.3 Å². The number of aliphatic imine (C=N–C) groups is 1. The minimum Gasteiger partial charge on any atom is -0.359 e. The number of ether oxygens (including phenoxy) is 1. The van der Waals surface area contributed by atoms with Crippen LogP contribution >= 0.6 is 11.6 Å². The van der Waals surface area contributed by atoms with Gasteiger partial charge in [0.2, 0.25) is 11.6 Å². The molecular formula is C17H18ClF3N4O. The third-order valence-electron chi connectivity index (χ3n) is 4.60. The van der Waals surface area contributed by atoms with E-state index in [1.807, 2.05) is 0 Å². The van der Waals surface area contributed by atoms with Gasteiger partial charge in [-0.1, -0.05) is 11.6 Å². The summed E-state index contributed by atoms with van der Waals surface area (Å²) < 4.78 is 48.6. The molecule has 26 heavy (non-hydrogen) atoms. The van der Waals surface area contributed by atoms with Gasteiger partial charge in [-0.2, -0.15) is 18.4 Å². The van der Waals surface area contributed by atoms with Crippen molar-refractivity contribution in [2.45, 2.75) is 31.5 Å². The SMILES string of the molecule is CCN1CC(OCC2CC2)(C(F)(F)F)c2cc(Cl)ccc2N=C1NC#N. The topological polar surface area (TPSA) is 60.6 Å². The van der Waals surface area contributed by atoms with Crippen LogP contribution in [0.4, 0.5) is 18.9 Å². The Kier molecular flexibility index (Phi) is 5.04. The molecule has 1 saturated carbocycles. The molecule has 1 aliphatic carbocycles. The highest BCUT2D eigenvalue weighted by atomic mass is 35.5. The summed E-state index contributed by atoms with van der Waals surface area (Å²) in [5, 5.41) is 11.5. The van der Waals surface area contributed by atoms with Gasteiger partial charge >= 0.3 is 6.18 Å². The van der Waals surface area contributed by atoms with E-state index in [1.54, 1.807) is 13.1 Å². The van der Waals surface area contributed by atoms with E-state index >= 15 is 0 Å². The summed E-state index contributed by atoms with van der Waals surface area (Å²) in [6, 6.07) is 4.14. The number of nitrogens with one attached hydrogen (secondary N) is 1. The normalized spacial score (nSPS) is 22.9. The highest BCUT2D eigenvalue weighted by Crippen LogP contribution is 2.49. The zero-order chi connectivity index (χ0) is 18.9. The molecule has 1 heterocycles. The molecule has 1 atom stereocenters. The largest absolute Gasteiger partial charge is 0.423 e. The fraction of sp³-hybridized carbons (Fsp3) is 0.529. The Morgan fingerprint density at radius 2 is 2.19 bits per heavy atom. The number of nitriles is 1. The van der Waals surface area contributed by atoms with Gasteiger partial charge in [0.25, 0.3) is 0 Å². The number of nitrogens with zero attached hydrogens (tertiary/aromatic N) is 3. The predicted octanol–water partition coefficient (Wildman–Crippen LogP) is 3.92. The maximum Gasteiger partial charge on any atom is 0.423 e. The van der Waals surface area contributed by atoms with Crippen molar-refractivity contribution in [1.82, 2.24) is 10.2 Å². The van der Waals surface area contributed by atoms with Crippen molar-refractivity contribution in [2.75, 3.05) is 19.7 Å². The number of alkyl halides is 3. The highest BCUT2D eigenvalue weighted by Gasteiger charge is 2.60. The summed E-state index contributed by atoms with van der Waals surface area (Å²) >= 11 is 6.00. The van der Waals surface area contributed by atoms with E-state index in [4.69, 9.17) is 21.6 Å². The average Bonchev–Trinajstić information content (AvgIpc) is 3.40. The molecule has 3 rings (SSSR count). The molecule has 0 bridgehead atoms. The molecular weight excluding hydrogens is 369 g/mol. The number of likely N-dealkylation sites (N-methyl/N-ethyl adjacent to an activating group) is 1. The minimum absolute atomic E-state index is 0.0179. The quantitative estimate of drug-likeness (QED) is 0.629. The highest BCUT2D eigenvalue weighted by molar-refractivity contribution is 6.30. The van der Waals surface area contributed by atoms with Crippen LogP contribution < -0.4 is 5.32 Å². The molecule has 0 aromatic heterocycles.